The van der Waals surface area contributed by atoms with Crippen LogP contribution < -0.4 is 0 Å². The lowest BCUT2D eigenvalue weighted by Crippen LogP contribution is -2.58. The van der Waals surface area contributed by atoms with E-state index in [-0.39, 0.29) is 35.5 Å². The normalized spacial score (nSPS) is 30.2. The van der Waals surface area contributed by atoms with Crippen LogP contribution in [0.3, 0.4) is 0 Å². The number of aliphatic hydroxyl groups excluding tert-OH is 1. The number of rotatable bonds is 12. The van der Waals surface area contributed by atoms with E-state index in [0.717, 1.165) is 18.4 Å². The maximum atomic E-state index is 14.5. The lowest BCUT2D eigenvalue weighted by molar-refractivity contribution is -0.146. The number of hydrogen-bond donors (Lipinski definition) is 1. The van der Waals surface area contributed by atoms with Crippen LogP contribution in [-0.2, 0) is 20.9 Å². The third-order valence-corrected chi connectivity index (χ3v) is 10.5. The third-order valence-electron chi connectivity index (χ3n) is 8.47. The largest absolute Gasteiger partial charge is 0.394 e. The molecule has 3 saturated heterocycles. The SMILES string of the molecule is C=CCN(Cc1ccccc1)C(=O)C1N([C@H](C)CO)C(=O)[C@@H]2[C@H](C(=O)N(CC=C)CCC)[C@@H]3CC(C)C12S3. The van der Waals surface area contributed by atoms with Crippen LogP contribution in [-0.4, -0.2) is 85.8 Å². The van der Waals surface area contributed by atoms with Gasteiger partial charge in [0.2, 0.25) is 17.7 Å². The predicted molar refractivity (Wildman–Crippen MR) is 151 cm³/mol. The summed E-state index contributed by atoms with van der Waals surface area (Å²) >= 11 is 1.67. The predicted octanol–water partition coefficient (Wildman–Crippen LogP) is 3.34. The molecule has 3 aliphatic rings. The van der Waals surface area contributed by atoms with E-state index in [4.69, 9.17) is 0 Å². The molecule has 3 unspecified atom stereocenters. The topological polar surface area (TPSA) is 81.2 Å². The summed E-state index contributed by atoms with van der Waals surface area (Å²) in [6, 6.07) is 8.49. The molecule has 7 nitrogen and oxygen atoms in total. The molecule has 1 N–H and O–H groups in total. The van der Waals surface area contributed by atoms with Gasteiger partial charge in [0.15, 0.2) is 0 Å². The van der Waals surface area contributed by atoms with E-state index >= 15 is 0 Å². The lowest BCUT2D eigenvalue weighted by Gasteiger charge is -2.42. The Morgan fingerprint density at radius 2 is 1.84 bits per heavy atom. The molecule has 0 aromatic heterocycles. The second-order valence-corrected chi connectivity index (χ2v) is 12.4. The summed E-state index contributed by atoms with van der Waals surface area (Å²) in [4.78, 5) is 47.8. The molecular formula is C30H41N3O4S. The van der Waals surface area contributed by atoms with Gasteiger partial charge in [0.25, 0.3) is 0 Å². The van der Waals surface area contributed by atoms with Crippen molar-refractivity contribution in [2.75, 3.05) is 26.2 Å². The van der Waals surface area contributed by atoms with Crippen LogP contribution in [0.5, 0.6) is 0 Å². The van der Waals surface area contributed by atoms with Gasteiger partial charge in [-0.15, -0.1) is 24.9 Å². The molecule has 1 aromatic rings. The highest BCUT2D eigenvalue weighted by Gasteiger charge is 2.76. The quantitative estimate of drug-likeness (QED) is 0.412. The van der Waals surface area contributed by atoms with Gasteiger partial charge in [0.05, 0.1) is 29.2 Å². The second kappa shape index (κ2) is 11.7. The van der Waals surface area contributed by atoms with E-state index in [0.29, 0.717) is 26.2 Å². The Hall–Kier alpha value is -2.58. The minimum absolute atomic E-state index is 0.0144. The third kappa shape index (κ3) is 4.60. The van der Waals surface area contributed by atoms with Crippen LogP contribution in [0.2, 0.25) is 0 Å². The number of likely N-dealkylation sites (tertiary alicyclic amines) is 1. The zero-order valence-corrected chi connectivity index (χ0v) is 23.6. The molecule has 0 aliphatic carbocycles. The fourth-order valence-electron chi connectivity index (χ4n) is 6.88. The summed E-state index contributed by atoms with van der Waals surface area (Å²) in [5.41, 5.74) is 0.993. The van der Waals surface area contributed by atoms with Crippen molar-refractivity contribution in [1.29, 1.82) is 0 Å². The van der Waals surface area contributed by atoms with Gasteiger partial charge in [-0.3, -0.25) is 14.4 Å². The van der Waals surface area contributed by atoms with Gasteiger partial charge in [-0.05, 0) is 31.2 Å². The highest BCUT2D eigenvalue weighted by atomic mass is 32.2. The molecular weight excluding hydrogens is 498 g/mol. The molecule has 2 bridgehead atoms. The number of thioether (sulfide) groups is 1. The summed E-state index contributed by atoms with van der Waals surface area (Å²) in [6.07, 6.45) is 5.03. The average Bonchev–Trinajstić information content (AvgIpc) is 3.51. The minimum Gasteiger partial charge on any atom is -0.394 e. The fraction of sp³-hybridized carbons (Fsp3) is 0.567. The fourth-order valence-corrected chi connectivity index (χ4v) is 9.27. The molecule has 0 saturated carbocycles. The zero-order chi connectivity index (χ0) is 27.6. The summed E-state index contributed by atoms with van der Waals surface area (Å²) in [7, 11) is 0. The van der Waals surface area contributed by atoms with Crippen LogP contribution >= 0.6 is 11.8 Å². The number of carbonyl (C=O) groups is 3. The summed E-state index contributed by atoms with van der Waals surface area (Å²) in [5, 5.41) is 10.1. The number of amides is 3. The molecule has 3 aliphatic heterocycles. The highest BCUT2D eigenvalue weighted by Crippen LogP contribution is 2.69. The molecule has 7 atom stereocenters. The molecule has 1 spiro atoms. The Kier molecular flexibility index (Phi) is 8.72. The molecule has 3 amide bonds. The van der Waals surface area contributed by atoms with E-state index in [9.17, 15) is 19.5 Å². The Balaban J connectivity index is 1.77. The van der Waals surface area contributed by atoms with Gasteiger partial charge < -0.3 is 19.8 Å². The first-order valence-electron chi connectivity index (χ1n) is 13.7. The lowest BCUT2D eigenvalue weighted by atomic mass is 9.65. The zero-order valence-electron chi connectivity index (χ0n) is 22.8. The van der Waals surface area contributed by atoms with Gasteiger partial charge in [-0.2, -0.15) is 0 Å². The van der Waals surface area contributed by atoms with Crippen molar-refractivity contribution >= 4 is 29.5 Å². The van der Waals surface area contributed by atoms with Crippen molar-refractivity contribution < 1.29 is 19.5 Å². The molecule has 3 fully saturated rings. The van der Waals surface area contributed by atoms with E-state index < -0.39 is 28.7 Å². The van der Waals surface area contributed by atoms with E-state index in [1.165, 1.54) is 0 Å². The number of fused-ring (bicyclic) bond motifs is 1. The average molecular weight is 540 g/mol. The van der Waals surface area contributed by atoms with Crippen LogP contribution in [0.25, 0.3) is 0 Å². The maximum Gasteiger partial charge on any atom is 0.247 e. The number of aliphatic hydroxyl groups is 1. The Morgan fingerprint density at radius 3 is 2.45 bits per heavy atom. The number of hydrogen-bond acceptors (Lipinski definition) is 5. The number of carbonyl (C=O) groups excluding carboxylic acids is 3. The summed E-state index contributed by atoms with van der Waals surface area (Å²) < 4.78 is -0.717. The van der Waals surface area contributed by atoms with Crippen molar-refractivity contribution in [3.8, 4) is 0 Å². The molecule has 3 heterocycles. The van der Waals surface area contributed by atoms with Gasteiger partial charge in [0, 0.05) is 31.4 Å². The monoisotopic (exact) mass is 539 g/mol. The minimum atomic E-state index is -0.757. The highest BCUT2D eigenvalue weighted by molar-refractivity contribution is 8.02. The first-order valence-corrected chi connectivity index (χ1v) is 14.6. The first kappa shape index (κ1) is 28.4. The van der Waals surface area contributed by atoms with E-state index in [1.54, 1.807) is 45.5 Å². The number of benzene rings is 1. The van der Waals surface area contributed by atoms with Gasteiger partial charge in [0.1, 0.15) is 6.04 Å². The van der Waals surface area contributed by atoms with Crippen LogP contribution in [0.1, 0.15) is 39.2 Å². The first-order chi connectivity index (χ1) is 18.3. The van der Waals surface area contributed by atoms with E-state index in [2.05, 4.69) is 20.1 Å². The molecule has 1 aromatic carbocycles. The maximum absolute atomic E-state index is 14.5. The Labute approximate surface area is 230 Å². The van der Waals surface area contributed by atoms with Crippen molar-refractivity contribution in [3.05, 3.63) is 61.2 Å². The molecule has 4 rings (SSSR count). The van der Waals surface area contributed by atoms with Gasteiger partial charge >= 0.3 is 0 Å². The number of nitrogens with zero attached hydrogens (tertiary/aromatic N) is 3. The van der Waals surface area contributed by atoms with Crippen molar-refractivity contribution in [1.82, 2.24) is 14.7 Å². The smallest absolute Gasteiger partial charge is 0.247 e. The Morgan fingerprint density at radius 1 is 1.18 bits per heavy atom. The standard InChI is InChI=1S/C30H41N3O4S/c1-6-14-31(15-7-2)27(35)24-23-17-20(4)30(38-23)25(24)28(36)33(21(5)19-34)26(30)29(37)32(16-8-3)18-22-12-10-9-11-13-22/h6,8-13,20-21,23-26,34H,1,3,7,14-19H2,2,4-5H3/t20?,21-,23+,24-,25+,26?,30?/m1/s1. The summed E-state index contributed by atoms with van der Waals surface area (Å²) in [6.45, 7) is 15.2. The van der Waals surface area contributed by atoms with Crippen molar-refractivity contribution in [3.63, 3.8) is 0 Å². The molecule has 0 radical (unpaired) electrons. The molecule has 206 valence electrons. The van der Waals surface area contributed by atoms with Crippen LogP contribution in [0.4, 0.5) is 0 Å². The van der Waals surface area contributed by atoms with Gasteiger partial charge in [-0.25, -0.2) is 0 Å². The van der Waals surface area contributed by atoms with Crippen LogP contribution in [0, 0.1) is 17.8 Å². The molecule has 38 heavy (non-hydrogen) atoms. The Bertz CT molecular complexity index is 1060. The molecule has 8 heteroatoms. The van der Waals surface area contributed by atoms with Crippen molar-refractivity contribution in [2.45, 2.75) is 62.2 Å². The van der Waals surface area contributed by atoms with Crippen LogP contribution in [0.15, 0.2) is 55.6 Å². The van der Waals surface area contributed by atoms with E-state index in [1.807, 2.05) is 37.3 Å². The second-order valence-electron chi connectivity index (χ2n) is 10.9. The van der Waals surface area contributed by atoms with Gasteiger partial charge in [-0.1, -0.05) is 56.3 Å². The van der Waals surface area contributed by atoms with Crippen molar-refractivity contribution in [2.24, 2.45) is 17.8 Å². The summed E-state index contributed by atoms with van der Waals surface area (Å²) in [5.74, 6) is -1.35.